The third kappa shape index (κ3) is 5.93. The Bertz CT molecular complexity index is 1520. The molecule has 13 nitrogen and oxygen atoms in total. The van der Waals surface area contributed by atoms with Gasteiger partial charge in [0.15, 0.2) is 23.0 Å². The number of aliphatic hydroxyl groups excluding tert-OH is 1. The molecule has 13 heteroatoms. The lowest BCUT2D eigenvalue weighted by Gasteiger charge is -2.20. The summed E-state index contributed by atoms with van der Waals surface area (Å²) >= 11 is 0. The molecule has 1 amide bonds. The van der Waals surface area contributed by atoms with Crippen molar-refractivity contribution in [2.24, 2.45) is 5.16 Å². The van der Waals surface area contributed by atoms with Crippen LogP contribution >= 0.6 is 0 Å². The first kappa shape index (κ1) is 29.3. The maximum absolute atomic E-state index is 13.9. The monoisotopic (exact) mass is 594 g/mol. The number of hydrogen-bond donors (Lipinski definition) is 2. The molecule has 1 unspecified atom stereocenters. The van der Waals surface area contributed by atoms with Gasteiger partial charge in [-0.1, -0.05) is 35.5 Å². The van der Waals surface area contributed by atoms with Crippen LogP contribution in [-0.4, -0.2) is 70.3 Å². The number of aliphatic hydroxyl groups is 1. The van der Waals surface area contributed by atoms with Gasteiger partial charge in [0.2, 0.25) is 25.1 Å². The van der Waals surface area contributed by atoms with Crippen molar-refractivity contribution in [2.75, 3.05) is 41.0 Å². The van der Waals surface area contributed by atoms with Crippen LogP contribution in [0.2, 0.25) is 0 Å². The molecule has 3 aromatic rings. The minimum absolute atomic E-state index is 0.0200. The molecule has 5 rings (SSSR count). The number of carbonyl (C=O) groups is 2. The van der Waals surface area contributed by atoms with Gasteiger partial charge in [-0.15, -0.1) is 0 Å². The molecular weight excluding hydrogens is 564 g/mol. The predicted octanol–water partition coefficient (Wildman–Crippen LogP) is 3.30. The van der Waals surface area contributed by atoms with Crippen LogP contribution in [0, 0.1) is 0 Å². The van der Waals surface area contributed by atoms with Crippen LogP contribution in [0.3, 0.4) is 0 Å². The summed E-state index contributed by atoms with van der Waals surface area (Å²) in [6.45, 7) is 1.15. The van der Waals surface area contributed by atoms with Crippen LogP contribution in [-0.2, 0) is 16.2 Å². The topological polar surface area (TPSA) is 153 Å². The highest BCUT2D eigenvalue weighted by atomic mass is 16.7. The van der Waals surface area contributed by atoms with Gasteiger partial charge in [-0.25, -0.2) is 4.79 Å². The summed E-state index contributed by atoms with van der Waals surface area (Å²) in [4.78, 5) is 32.4. The molecule has 0 bridgehead atoms. The molecule has 0 aliphatic carbocycles. The molecule has 1 atom stereocenters. The fourth-order valence-electron chi connectivity index (χ4n) is 4.60. The summed E-state index contributed by atoms with van der Waals surface area (Å²) in [6, 6.07) is 11.4. The van der Waals surface area contributed by atoms with Crippen molar-refractivity contribution in [2.45, 2.75) is 19.6 Å². The number of nitrogens with one attached hydrogen (secondary N) is 1. The molecule has 43 heavy (non-hydrogen) atoms. The Hall–Kier alpha value is -5.17. The Kier molecular flexibility index (Phi) is 9.01. The van der Waals surface area contributed by atoms with Gasteiger partial charge in [-0.05, 0) is 24.6 Å². The Balaban J connectivity index is 1.57. The maximum atomic E-state index is 13.9. The molecule has 2 heterocycles. The van der Waals surface area contributed by atoms with Crippen molar-refractivity contribution in [3.8, 4) is 45.6 Å². The van der Waals surface area contributed by atoms with Crippen LogP contribution in [0.1, 0.15) is 33.2 Å². The number of ether oxygens (including phenoxy) is 7. The van der Waals surface area contributed by atoms with Crippen molar-refractivity contribution in [3.05, 3.63) is 59.2 Å². The third-order valence-electron chi connectivity index (χ3n) is 6.55. The second-order valence-corrected chi connectivity index (χ2v) is 9.13. The SMILES string of the molecule is CCOC(=O)c1cc(OC)c2c(c1-c1c(C(=O)NC(/C=N/OCc3ccccc3)CO)cc(OC)c3c1OCO3)OCO2. The van der Waals surface area contributed by atoms with Crippen LogP contribution in [0.4, 0.5) is 0 Å². The van der Waals surface area contributed by atoms with Crippen LogP contribution in [0.5, 0.6) is 34.5 Å². The molecule has 2 aliphatic rings. The second-order valence-electron chi connectivity index (χ2n) is 9.13. The summed E-state index contributed by atoms with van der Waals surface area (Å²) in [5.41, 5.74) is 1.28. The third-order valence-corrected chi connectivity index (χ3v) is 6.55. The number of nitrogens with zero attached hydrogens (tertiary/aromatic N) is 1. The molecule has 0 fully saturated rings. The van der Waals surface area contributed by atoms with Crippen molar-refractivity contribution in [1.29, 1.82) is 0 Å². The van der Waals surface area contributed by atoms with Gasteiger partial charge in [0.1, 0.15) is 6.61 Å². The lowest BCUT2D eigenvalue weighted by Crippen LogP contribution is -2.39. The summed E-state index contributed by atoms with van der Waals surface area (Å²) in [7, 11) is 2.84. The van der Waals surface area contributed by atoms with Gasteiger partial charge in [0.05, 0.1) is 50.8 Å². The molecule has 0 aromatic heterocycles. The molecule has 0 spiro atoms. The number of methoxy groups -OCH3 is 2. The van der Waals surface area contributed by atoms with E-state index in [0.29, 0.717) is 0 Å². The van der Waals surface area contributed by atoms with E-state index in [-0.39, 0.29) is 83.6 Å². The van der Waals surface area contributed by atoms with Crippen LogP contribution < -0.4 is 33.7 Å². The first-order valence-electron chi connectivity index (χ1n) is 13.3. The summed E-state index contributed by atoms with van der Waals surface area (Å²) in [5.74, 6) is -0.162. The van der Waals surface area contributed by atoms with Gasteiger partial charge in [0.25, 0.3) is 5.91 Å². The Morgan fingerprint density at radius 2 is 1.51 bits per heavy atom. The average Bonchev–Trinajstić information content (AvgIpc) is 3.72. The highest BCUT2D eigenvalue weighted by Gasteiger charge is 2.37. The highest BCUT2D eigenvalue weighted by molar-refractivity contribution is 6.10. The van der Waals surface area contributed by atoms with Crippen LogP contribution in [0.25, 0.3) is 11.1 Å². The zero-order valence-electron chi connectivity index (χ0n) is 23.7. The zero-order chi connectivity index (χ0) is 30.3. The van der Waals surface area contributed by atoms with E-state index < -0.39 is 24.5 Å². The fourth-order valence-corrected chi connectivity index (χ4v) is 4.60. The lowest BCUT2D eigenvalue weighted by atomic mass is 9.91. The average molecular weight is 595 g/mol. The summed E-state index contributed by atoms with van der Waals surface area (Å²) in [6.07, 6.45) is 1.27. The standard InChI is InChI=1S/C30H30N2O11/c1-4-38-30(35)20-11-22(37-3)26-28(42-16-40-26)24(20)23-19(10-21(36-2)25-27(23)41-15-39-25)29(34)32-18(13-33)12-31-43-14-17-8-6-5-7-9-17/h5-12,18,33H,4,13-16H2,1-3H3,(H,32,34)/b31-12+. The van der Waals surface area contributed by atoms with E-state index in [9.17, 15) is 14.7 Å². The number of carbonyl (C=O) groups excluding carboxylic acids is 2. The number of oxime groups is 1. The number of benzene rings is 3. The van der Waals surface area contributed by atoms with E-state index in [0.717, 1.165) is 5.56 Å². The molecule has 2 N–H and O–H groups in total. The first-order valence-corrected chi connectivity index (χ1v) is 13.3. The van der Waals surface area contributed by atoms with Gasteiger partial charge in [-0.3, -0.25) is 4.79 Å². The van der Waals surface area contributed by atoms with Crippen molar-refractivity contribution in [1.82, 2.24) is 5.32 Å². The van der Waals surface area contributed by atoms with Crippen LogP contribution in [0.15, 0.2) is 47.6 Å². The number of rotatable bonds is 12. The van der Waals surface area contributed by atoms with Gasteiger partial charge in [0, 0.05) is 11.1 Å². The quantitative estimate of drug-likeness (QED) is 0.180. The smallest absolute Gasteiger partial charge is 0.339 e. The molecule has 226 valence electrons. The Labute approximate surface area is 246 Å². The fraction of sp³-hybridized carbons (Fsp3) is 0.300. The molecule has 3 aromatic carbocycles. The Morgan fingerprint density at radius 3 is 2.09 bits per heavy atom. The molecule has 0 radical (unpaired) electrons. The van der Waals surface area contributed by atoms with E-state index in [1.807, 2.05) is 30.3 Å². The van der Waals surface area contributed by atoms with E-state index >= 15 is 0 Å². The van der Waals surface area contributed by atoms with Gasteiger partial charge >= 0.3 is 5.97 Å². The number of hydrogen-bond acceptors (Lipinski definition) is 12. The highest BCUT2D eigenvalue weighted by Crippen LogP contribution is 2.56. The number of fused-ring (bicyclic) bond motifs is 2. The van der Waals surface area contributed by atoms with Crippen molar-refractivity contribution >= 4 is 18.1 Å². The van der Waals surface area contributed by atoms with Crippen molar-refractivity contribution < 1.29 is 52.7 Å². The molecular formula is C30H30N2O11. The Morgan fingerprint density at radius 1 is 0.930 bits per heavy atom. The lowest BCUT2D eigenvalue weighted by molar-refractivity contribution is 0.0526. The predicted molar refractivity (Wildman–Crippen MR) is 151 cm³/mol. The first-order chi connectivity index (χ1) is 21.0. The molecule has 2 aliphatic heterocycles. The zero-order valence-corrected chi connectivity index (χ0v) is 23.7. The maximum Gasteiger partial charge on any atom is 0.339 e. The van der Waals surface area contributed by atoms with E-state index in [2.05, 4.69) is 10.5 Å². The largest absolute Gasteiger partial charge is 0.493 e. The normalized spacial score (nSPS) is 13.5. The summed E-state index contributed by atoms with van der Waals surface area (Å²) < 4.78 is 39.2. The number of amides is 1. The molecule has 0 saturated heterocycles. The van der Waals surface area contributed by atoms with E-state index in [1.54, 1.807) is 6.92 Å². The minimum atomic E-state index is -0.932. The van der Waals surface area contributed by atoms with Gasteiger partial charge in [-0.2, -0.15) is 0 Å². The van der Waals surface area contributed by atoms with Crippen molar-refractivity contribution in [3.63, 3.8) is 0 Å². The minimum Gasteiger partial charge on any atom is -0.493 e. The van der Waals surface area contributed by atoms with Gasteiger partial charge < -0.3 is 48.4 Å². The molecule has 0 saturated carbocycles. The van der Waals surface area contributed by atoms with E-state index in [4.69, 9.17) is 38.0 Å². The van der Waals surface area contributed by atoms with E-state index in [1.165, 1.54) is 32.6 Å². The second kappa shape index (κ2) is 13.2. The number of esters is 1. The summed E-state index contributed by atoms with van der Waals surface area (Å²) in [5, 5.41) is 16.6.